The Hall–Kier alpha value is -1.63. The summed E-state index contributed by atoms with van der Waals surface area (Å²) >= 11 is 5.13. The summed E-state index contributed by atoms with van der Waals surface area (Å²) in [5.41, 5.74) is 7.41. The van der Waals surface area contributed by atoms with Crippen molar-refractivity contribution < 1.29 is 9.53 Å². The van der Waals surface area contributed by atoms with Crippen LogP contribution >= 0.6 is 12.2 Å². The van der Waals surface area contributed by atoms with Crippen molar-refractivity contribution in [3.8, 4) is 0 Å². The zero-order chi connectivity index (χ0) is 15.0. The first-order valence-electron chi connectivity index (χ1n) is 6.53. The number of ether oxygens (including phenoxy) is 1. The van der Waals surface area contributed by atoms with Gasteiger partial charge in [-0.15, -0.1) is 0 Å². The molecule has 20 heavy (non-hydrogen) atoms. The molecule has 0 radical (unpaired) electrons. The Labute approximate surface area is 123 Å². The van der Waals surface area contributed by atoms with Crippen molar-refractivity contribution in [3.05, 3.63) is 11.3 Å². The number of carbonyl (C=O) groups is 1. The van der Waals surface area contributed by atoms with Gasteiger partial charge in [-0.2, -0.15) is 5.10 Å². The number of hydrogen-bond acceptors (Lipinski definition) is 5. The Bertz CT molecular complexity index is 555. The molecule has 1 fully saturated rings. The van der Waals surface area contributed by atoms with Gasteiger partial charge in [-0.1, -0.05) is 19.1 Å². The van der Waals surface area contributed by atoms with Crippen LogP contribution in [0.25, 0.3) is 0 Å². The maximum absolute atomic E-state index is 11.8. The Balaban J connectivity index is 2.35. The number of esters is 1. The topological polar surface area (TPSA) is 73.4 Å². The summed E-state index contributed by atoms with van der Waals surface area (Å²) < 4.78 is 6.64. The Morgan fingerprint density at radius 2 is 2.15 bits per heavy atom. The molecule has 0 bridgehead atoms. The minimum Gasteiger partial charge on any atom is -0.469 e. The first-order valence-corrected chi connectivity index (χ1v) is 6.93. The molecular weight excluding hydrogens is 276 g/mol. The van der Waals surface area contributed by atoms with Crippen LogP contribution in [0.4, 0.5) is 5.82 Å². The predicted octanol–water partition coefficient (Wildman–Crippen LogP) is 0.608. The highest BCUT2D eigenvalue weighted by Crippen LogP contribution is 2.32. The van der Waals surface area contributed by atoms with E-state index in [1.807, 2.05) is 20.9 Å². The molecule has 110 valence electrons. The maximum Gasteiger partial charge on any atom is 0.310 e. The highest BCUT2D eigenvalue weighted by Gasteiger charge is 2.38. The van der Waals surface area contributed by atoms with E-state index in [-0.39, 0.29) is 17.8 Å². The highest BCUT2D eigenvalue weighted by atomic mass is 32.1. The first kappa shape index (κ1) is 14.8. The molecule has 0 spiro atoms. The zero-order valence-corrected chi connectivity index (χ0v) is 13.0. The van der Waals surface area contributed by atoms with Crippen LogP contribution in [-0.4, -0.2) is 40.9 Å². The minimum absolute atomic E-state index is 0.130. The van der Waals surface area contributed by atoms with Gasteiger partial charge in [-0.05, 0) is 12.8 Å². The Morgan fingerprint density at radius 3 is 2.70 bits per heavy atom. The SMILES string of the molecule is COC(=O)C1CN(c2c(C(N)=S)c(C)nn2C)CC1C. The molecule has 6 nitrogen and oxygen atoms in total. The van der Waals surface area contributed by atoms with Gasteiger partial charge in [0.25, 0.3) is 0 Å². The van der Waals surface area contributed by atoms with Gasteiger partial charge >= 0.3 is 5.97 Å². The van der Waals surface area contributed by atoms with E-state index in [2.05, 4.69) is 10.00 Å². The summed E-state index contributed by atoms with van der Waals surface area (Å²) in [5, 5.41) is 4.38. The quantitative estimate of drug-likeness (QED) is 0.651. The maximum atomic E-state index is 11.8. The number of nitrogens with zero attached hydrogens (tertiary/aromatic N) is 3. The van der Waals surface area contributed by atoms with Gasteiger partial charge in [0.15, 0.2) is 0 Å². The number of aromatic nitrogens is 2. The summed E-state index contributed by atoms with van der Waals surface area (Å²) in [5.74, 6) is 0.801. The zero-order valence-electron chi connectivity index (χ0n) is 12.2. The monoisotopic (exact) mass is 296 g/mol. The molecule has 1 aromatic heterocycles. The number of hydrogen-bond donors (Lipinski definition) is 1. The smallest absolute Gasteiger partial charge is 0.310 e. The third kappa shape index (κ3) is 2.37. The van der Waals surface area contributed by atoms with Crippen molar-refractivity contribution >= 4 is 29.0 Å². The largest absolute Gasteiger partial charge is 0.469 e. The van der Waals surface area contributed by atoms with Gasteiger partial charge in [-0.25, -0.2) is 0 Å². The lowest BCUT2D eigenvalue weighted by molar-refractivity contribution is -0.145. The van der Waals surface area contributed by atoms with E-state index in [9.17, 15) is 4.79 Å². The minimum atomic E-state index is -0.171. The number of methoxy groups -OCH3 is 1. The Kier molecular flexibility index (Phi) is 3.99. The summed E-state index contributed by atoms with van der Waals surface area (Å²) in [6.07, 6.45) is 0. The molecule has 2 heterocycles. The van der Waals surface area contributed by atoms with E-state index in [0.29, 0.717) is 11.5 Å². The second-order valence-corrected chi connectivity index (χ2v) is 5.72. The third-order valence-electron chi connectivity index (χ3n) is 3.85. The molecular formula is C13H20N4O2S. The molecule has 0 aromatic carbocycles. The molecule has 0 amide bonds. The van der Waals surface area contributed by atoms with Crippen LogP contribution in [0.2, 0.25) is 0 Å². The summed E-state index contributed by atoms with van der Waals surface area (Å²) in [6, 6.07) is 0. The first-order chi connectivity index (χ1) is 9.36. The van der Waals surface area contributed by atoms with Crippen LogP contribution in [0.3, 0.4) is 0 Å². The number of aryl methyl sites for hydroxylation is 2. The average molecular weight is 296 g/mol. The lowest BCUT2D eigenvalue weighted by Crippen LogP contribution is -2.27. The lowest BCUT2D eigenvalue weighted by Gasteiger charge is -2.20. The highest BCUT2D eigenvalue weighted by molar-refractivity contribution is 7.80. The third-order valence-corrected chi connectivity index (χ3v) is 4.06. The van der Waals surface area contributed by atoms with Crippen molar-refractivity contribution in [2.45, 2.75) is 13.8 Å². The van der Waals surface area contributed by atoms with Crippen LogP contribution in [-0.2, 0) is 16.6 Å². The van der Waals surface area contributed by atoms with Crippen molar-refractivity contribution in [1.29, 1.82) is 0 Å². The van der Waals surface area contributed by atoms with Gasteiger partial charge in [0.2, 0.25) is 0 Å². The van der Waals surface area contributed by atoms with Gasteiger partial charge in [-0.3, -0.25) is 9.48 Å². The molecule has 1 aliphatic rings. The van der Waals surface area contributed by atoms with E-state index in [4.69, 9.17) is 22.7 Å². The van der Waals surface area contributed by atoms with Crippen LogP contribution in [0.1, 0.15) is 18.2 Å². The Morgan fingerprint density at radius 1 is 1.50 bits per heavy atom. The van der Waals surface area contributed by atoms with Crippen molar-refractivity contribution in [1.82, 2.24) is 9.78 Å². The van der Waals surface area contributed by atoms with Gasteiger partial charge in [0, 0.05) is 20.1 Å². The molecule has 7 heteroatoms. The summed E-state index contributed by atoms with van der Waals surface area (Å²) in [4.78, 5) is 14.2. The van der Waals surface area contributed by atoms with Crippen molar-refractivity contribution in [3.63, 3.8) is 0 Å². The average Bonchev–Trinajstić information content (AvgIpc) is 2.88. The number of thiocarbonyl (C=S) groups is 1. The van der Waals surface area contributed by atoms with E-state index in [1.165, 1.54) is 7.11 Å². The molecule has 2 rings (SSSR count). The van der Waals surface area contributed by atoms with Gasteiger partial charge in [0.05, 0.1) is 24.3 Å². The molecule has 0 saturated carbocycles. The molecule has 1 aliphatic heterocycles. The fourth-order valence-electron chi connectivity index (χ4n) is 2.90. The molecule has 0 aliphatic carbocycles. The number of anilines is 1. The predicted molar refractivity (Wildman–Crippen MR) is 80.7 cm³/mol. The molecule has 2 N–H and O–H groups in total. The fraction of sp³-hybridized carbons (Fsp3) is 0.615. The van der Waals surface area contributed by atoms with E-state index in [1.54, 1.807) is 4.68 Å². The van der Waals surface area contributed by atoms with Gasteiger partial charge in [0.1, 0.15) is 10.8 Å². The number of carbonyl (C=O) groups excluding carboxylic acids is 1. The normalized spacial score (nSPS) is 22.1. The summed E-state index contributed by atoms with van der Waals surface area (Å²) in [7, 11) is 3.28. The second kappa shape index (κ2) is 5.40. The van der Waals surface area contributed by atoms with Gasteiger partial charge < -0.3 is 15.4 Å². The lowest BCUT2D eigenvalue weighted by atomic mass is 9.99. The number of nitrogens with two attached hydrogens (primary N) is 1. The standard InChI is InChI=1S/C13H20N4O2S/c1-7-5-17(6-9(7)13(18)19-4)12-10(11(14)20)8(2)15-16(12)3/h7,9H,5-6H2,1-4H3,(H2,14,20). The molecule has 1 aromatic rings. The van der Waals surface area contributed by atoms with E-state index in [0.717, 1.165) is 23.6 Å². The number of rotatable bonds is 3. The van der Waals surface area contributed by atoms with E-state index >= 15 is 0 Å². The van der Waals surface area contributed by atoms with Crippen LogP contribution < -0.4 is 10.6 Å². The van der Waals surface area contributed by atoms with Crippen molar-refractivity contribution in [2.75, 3.05) is 25.1 Å². The second-order valence-electron chi connectivity index (χ2n) is 5.28. The van der Waals surface area contributed by atoms with Crippen LogP contribution in [0.5, 0.6) is 0 Å². The summed E-state index contributed by atoms with van der Waals surface area (Å²) in [6.45, 7) is 5.29. The van der Waals surface area contributed by atoms with Crippen molar-refractivity contribution in [2.24, 2.45) is 24.6 Å². The fourth-order valence-corrected chi connectivity index (χ4v) is 3.13. The van der Waals surface area contributed by atoms with Crippen LogP contribution in [0, 0.1) is 18.8 Å². The van der Waals surface area contributed by atoms with E-state index < -0.39 is 0 Å². The molecule has 2 unspecified atom stereocenters. The molecule has 1 saturated heterocycles. The van der Waals surface area contributed by atoms with Crippen LogP contribution in [0.15, 0.2) is 0 Å². The molecule has 2 atom stereocenters.